The van der Waals surface area contributed by atoms with E-state index in [1.807, 2.05) is 13.8 Å². The first-order valence-corrected chi connectivity index (χ1v) is 8.14. The Hall–Kier alpha value is -0.960. The summed E-state index contributed by atoms with van der Waals surface area (Å²) in [4.78, 5) is 0.135. The molecule has 1 saturated heterocycles. The van der Waals surface area contributed by atoms with E-state index in [0.717, 1.165) is 0 Å². The van der Waals surface area contributed by atoms with Crippen LogP contribution < -0.4 is 4.72 Å². The average Bonchev–Trinajstić information content (AvgIpc) is 2.95. The molecule has 2 heterocycles. The van der Waals surface area contributed by atoms with Crippen LogP contribution in [0.25, 0.3) is 0 Å². The molecule has 0 aliphatic carbocycles. The van der Waals surface area contributed by atoms with Crippen LogP contribution in [0.5, 0.6) is 0 Å². The highest BCUT2D eigenvalue weighted by Gasteiger charge is 2.40. The van der Waals surface area contributed by atoms with Crippen molar-refractivity contribution in [2.45, 2.75) is 49.8 Å². The van der Waals surface area contributed by atoms with Gasteiger partial charge < -0.3 is 9.84 Å². The highest BCUT2D eigenvalue weighted by molar-refractivity contribution is 7.89. The minimum Gasteiger partial charge on any atom is -0.396 e. The second-order valence-corrected chi connectivity index (χ2v) is 6.98. The van der Waals surface area contributed by atoms with Crippen molar-refractivity contribution >= 4 is 10.0 Å². The zero-order valence-electron chi connectivity index (χ0n) is 11.7. The molecule has 8 heteroatoms. The second kappa shape index (κ2) is 5.80. The molecule has 0 bridgehead atoms. The molecule has 1 aliphatic heterocycles. The first-order chi connectivity index (χ1) is 9.37. The molecule has 20 heavy (non-hydrogen) atoms. The van der Waals surface area contributed by atoms with E-state index in [1.54, 1.807) is 0 Å². The van der Waals surface area contributed by atoms with Gasteiger partial charge >= 0.3 is 0 Å². The number of hydrogen-bond donors (Lipinski definition) is 2. The summed E-state index contributed by atoms with van der Waals surface area (Å²) in [6.45, 7) is 4.80. The highest BCUT2D eigenvalue weighted by Crippen LogP contribution is 2.27. The normalized spacial score (nSPS) is 27.1. The predicted molar refractivity (Wildman–Crippen MR) is 72.7 cm³/mol. The molecular weight excluding hydrogens is 282 g/mol. The van der Waals surface area contributed by atoms with Crippen LogP contribution in [-0.4, -0.2) is 48.2 Å². The van der Waals surface area contributed by atoms with E-state index in [2.05, 4.69) is 9.82 Å². The maximum Gasteiger partial charge on any atom is 0.244 e. The molecule has 2 unspecified atom stereocenters. The van der Waals surface area contributed by atoms with Gasteiger partial charge in [0.2, 0.25) is 10.0 Å². The van der Waals surface area contributed by atoms with Gasteiger partial charge in [0.25, 0.3) is 0 Å². The average molecular weight is 303 g/mol. The molecule has 1 aromatic heterocycles. The SMILES string of the molecule is CC1OCCC1(C)NS(=O)(=O)c1cnn(CCCO)c1. The van der Waals surface area contributed by atoms with Gasteiger partial charge in [-0.2, -0.15) is 5.10 Å². The quantitative estimate of drug-likeness (QED) is 0.778. The maximum atomic E-state index is 12.4. The summed E-state index contributed by atoms with van der Waals surface area (Å²) in [5.41, 5.74) is -0.591. The van der Waals surface area contributed by atoms with Gasteiger partial charge in [-0.25, -0.2) is 13.1 Å². The fraction of sp³-hybridized carbons (Fsp3) is 0.750. The fourth-order valence-corrected chi connectivity index (χ4v) is 3.62. The van der Waals surface area contributed by atoms with Crippen molar-refractivity contribution in [3.63, 3.8) is 0 Å². The smallest absolute Gasteiger partial charge is 0.244 e. The number of nitrogens with zero attached hydrogens (tertiary/aromatic N) is 2. The largest absolute Gasteiger partial charge is 0.396 e. The molecule has 114 valence electrons. The third kappa shape index (κ3) is 3.20. The number of aromatic nitrogens is 2. The number of ether oxygens (including phenoxy) is 1. The molecule has 0 radical (unpaired) electrons. The van der Waals surface area contributed by atoms with Crippen LogP contribution in [0.4, 0.5) is 0 Å². The number of hydrogen-bond acceptors (Lipinski definition) is 5. The van der Waals surface area contributed by atoms with Crippen LogP contribution in [0.2, 0.25) is 0 Å². The van der Waals surface area contributed by atoms with Crippen molar-refractivity contribution < 1.29 is 18.3 Å². The van der Waals surface area contributed by atoms with Gasteiger partial charge in [-0.15, -0.1) is 0 Å². The summed E-state index contributed by atoms with van der Waals surface area (Å²) >= 11 is 0. The first kappa shape index (κ1) is 15.4. The van der Waals surface area contributed by atoms with E-state index in [-0.39, 0.29) is 17.6 Å². The summed E-state index contributed by atoms with van der Waals surface area (Å²) in [6, 6.07) is 0. The van der Waals surface area contributed by atoms with Crippen LogP contribution in [-0.2, 0) is 21.3 Å². The molecule has 0 amide bonds. The first-order valence-electron chi connectivity index (χ1n) is 6.66. The Morgan fingerprint density at radius 1 is 1.65 bits per heavy atom. The fourth-order valence-electron chi connectivity index (χ4n) is 2.17. The Labute approximate surface area is 119 Å². The lowest BCUT2D eigenvalue weighted by atomic mass is 9.97. The summed E-state index contributed by atoms with van der Waals surface area (Å²) in [7, 11) is -3.62. The van der Waals surface area contributed by atoms with Gasteiger partial charge in [-0.3, -0.25) is 4.68 Å². The van der Waals surface area contributed by atoms with Crippen LogP contribution in [0, 0.1) is 0 Å². The number of aliphatic hydroxyl groups is 1. The Morgan fingerprint density at radius 2 is 2.40 bits per heavy atom. The molecule has 0 aromatic carbocycles. The Morgan fingerprint density at radius 3 is 3.00 bits per heavy atom. The van der Waals surface area contributed by atoms with Gasteiger partial charge in [-0.05, 0) is 26.7 Å². The predicted octanol–water partition coefficient (Wildman–Crippen LogP) is 0.111. The third-order valence-electron chi connectivity index (χ3n) is 3.72. The molecule has 2 atom stereocenters. The summed E-state index contributed by atoms with van der Waals surface area (Å²) in [5.74, 6) is 0. The molecule has 0 saturated carbocycles. The zero-order chi connectivity index (χ0) is 14.8. The van der Waals surface area contributed by atoms with E-state index in [0.29, 0.717) is 26.0 Å². The lowest BCUT2D eigenvalue weighted by Gasteiger charge is -2.28. The molecule has 1 fully saturated rings. The molecule has 0 spiro atoms. The van der Waals surface area contributed by atoms with Crippen molar-refractivity contribution in [2.75, 3.05) is 13.2 Å². The number of rotatable bonds is 6. The molecule has 2 rings (SSSR count). The highest BCUT2D eigenvalue weighted by atomic mass is 32.2. The monoisotopic (exact) mass is 303 g/mol. The van der Waals surface area contributed by atoms with Crippen molar-refractivity contribution in [1.29, 1.82) is 0 Å². The number of aliphatic hydroxyl groups excluding tert-OH is 1. The van der Waals surface area contributed by atoms with E-state index in [9.17, 15) is 8.42 Å². The van der Waals surface area contributed by atoms with Gasteiger partial charge in [0, 0.05) is 26.0 Å². The molecular formula is C12H21N3O4S. The lowest BCUT2D eigenvalue weighted by molar-refractivity contribution is 0.0957. The van der Waals surface area contributed by atoms with Gasteiger partial charge in [0.15, 0.2) is 0 Å². The molecule has 2 N–H and O–H groups in total. The van der Waals surface area contributed by atoms with E-state index in [4.69, 9.17) is 9.84 Å². The number of sulfonamides is 1. The zero-order valence-corrected chi connectivity index (χ0v) is 12.6. The van der Waals surface area contributed by atoms with Crippen LogP contribution in [0.1, 0.15) is 26.7 Å². The molecule has 7 nitrogen and oxygen atoms in total. The van der Waals surface area contributed by atoms with Gasteiger partial charge in [-0.1, -0.05) is 0 Å². The summed E-state index contributed by atoms with van der Waals surface area (Å²) in [6.07, 6.45) is 3.82. The minimum absolute atomic E-state index is 0.0487. The summed E-state index contributed by atoms with van der Waals surface area (Å²) in [5, 5.41) is 12.8. The van der Waals surface area contributed by atoms with E-state index < -0.39 is 15.6 Å². The second-order valence-electron chi connectivity index (χ2n) is 5.30. The molecule has 1 aromatic rings. The van der Waals surface area contributed by atoms with Gasteiger partial charge in [0.05, 0.1) is 17.8 Å². The molecule has 1 aliphatic rings. The van der Waals surface area contributed by atoms with Crippen molar-refractivity contribution in [3.8, 4) is 0 Å². The standard InChI is InChI=1S/C12H21N3O4S/c1-10-12(2,4-7-19-10)14-20(17,18)11-8-13-15(9-11)5-3-6-16/h8-10,14,16H,3-7H2,1-2H3. The van der Waals surface area contributed by atoms with Gasteiger partial charge in [0.1, 0.15) is 4.90 Å². The van der Waals surface area contributed by atoms with Crippen LogP contribution >= 0.6 is 0 Å². The summed E-state index contributed by atoms with van der Waals surface area (Å²) < 4.78 is 34.4. The van der Waals surface area contributed by atoms with Crippen molar-refractivity contribution in [1.82, 2.24) is 14.5 Å². The van der Waals surface area contributed by atoms with Crippen LogP contribution in [0.3, 0.4) is 0 Å². The number of aryl methyl sites for hydroxylation is 1. The Kier molecular flexibility index (Phi) is 4.48. The maximum absolute atomic E-state index is 12.4. The minimum atomic E-state index is -3.62. The van der Waals surface area contributed by atoms with Crippen LogP contribution in [0.15, 0.2) is 17.3 Å². The topological polar surface area (TPSA) is 93.5 Å². The number of nitrogens with one attached hydrogen (secondary N) is 1. The van der Waals surface area contributed by atoms with Crippen molar-refractivity contribution in [2.24, 2.45) is 0 Å². The van der Waals surface area contributed by atoms with E-state index >= 15 is 0 Å². The Bertz CT molecular complexity index is 557. The third-order valence-corrected chi connectivity index (χ3v) is 5.29. The lowest BCUT2D eigenvalue weighted by Crippen LogP contribution is -2.50. The van der Waals surface area contributed by atoms with E-state index in [1.165, 1.54) is 17.1 Å². The Balaban J connectivity index is 2.12. The van der Waals surface area contributed by atoms with Crippen molar-refractivity contribution in [3.05, 3.63) is 12.4 Å².